The highest BCUT2D eigenvalue weighted by Gasteiger charge is 2.08. The summed E-state index contributed by atoms with van der Waals surface area (Å²) in [5.41, 5.74) is 1.19. The number of ether oxygens (including phenoxy) is 4. The van der Waals surface area contributed by atoms with Gasteiger partial charge in [0.1, 0.15) is 34.5 Å². The number of rotatable bonds is 8. The average Bonchev–Trinajstić information content (AvgIpc) is 3.01. The second kappa shape index (κ2) is 11.3. The highest BCUT2D eigenvalue weighted by molar-refractivity contribution is 6.04. The van der Waals surface area contributed by atoms with Crippen molar-refractivity contribution in [3.05, 3.63) is 127 Å². The van der Waals surface area contributed by atoms with Crippen molar-refractivity contribution < 1.29 is 23.7 Å². The zero-order valence-electron chi connectivity index (χ0n) is 22.6. The number of carbonyl (C=O) groups is 1. The van der Waals surface area contributed by atoms with Crippen LogP contribution in [0.15, 0.2) is 121 Å². The largest absolute Gasteiger partial charge is 0.497 e. The Kier molecular flexibility index (Phi) is 7.11. The van der Waals surface area contributed by atoms with E-state index in [2.05, 4.69) is 5.32 Å². The predicted molar refractivity (Wildman–Crippen MR) is 162 cm³/mol. The molecule has 6 nitrogen and oxygen atoms in total. The van der Waals surface area contributed by atoms with Crippen molar-refractivity contribution >= 4 is 33.1 Å². The highest BCUT2D eigenvalue weighted by atomic mass is 16.5. The van der Waals surface area contributed by atoms with Crippen LogP contribution in [0.3, 0.4) is 0 Å². The van der Waals surface area contributed by atoms with E-state index < -0.39 is 0 Å². The zero-order valence-corrected chi connectivity index (χ0v) is 22.6. The normalized spacial score (nSPS) is 10.8. The molecule has 0 saturated heterocycles. The zero-order chi connectivity index (χ0) is 28.2. The molecule has 1 amide bonds. The Labute approximate surface area is 237 Å². The molecule has 202 valence electrons. The van der Waals surface area contributed by atoms with Crippen LogP contribution in [0.25, 0.3) is 21.5 Å². The van der Waals surface area contributed by atoms with Gasteiger partial charge in [0.15, 0.2) is 0 Å². The molecule has 6 aromatic rings. The number of nitrogens with one attached hydrogen (secondary N) is 1. The van der Waals surface area contributed by atoms with Crippen LogP contribution in [0.1, 0.15) is 10.4 Å². The first-order valence-corrected chi connectivity index (χ1v) is 13.1. The average molecular weight is 542 g/mol. The van der Waals surface area contributed by atoms with Crippen molar-refractivity contribution in [2.45, 2.75) is 0 Å². The lowest BCUT2D eigenvalue weighted by Crippen LogP contribution is -2.11. The van der Waals surface area contributed by atoms with Gasteiger partial charge in [0.25, 0.3) is 5.91 Å². The van der Waals surface area contributed by atoms with Gasteiger partial charge < -0.3 is 24.3 Å². The van der Waals surface area contributed by atoms with Crippen LogP contribution in [0.5, 0.6) is 34.5 Å². The lowest BCUT2D eigenvalue weighted by molar-refractivity contribution is 0.102. The Bertz CT molecular complexity index is 1850. The number of amides is 1. The van der Waals surface area contributed by atoms with E-state index in [1.54, 1.807) is 38.5 Å². The van der Waals surface area contributed by atoms with Crippen LogP contribution in [-0.4, -0.2) is 20.1 Å². The predicted octanol–water partition coefficient (Wildman–Crippen LogP) is 8.85. The number of fused-ring (bicyclic) bond motifs is 2. The molecule has 0 atom stereocenters. The summed E-state index contributed by atoms with van der Waals surface area (Å²) in [6.45, 7) is 0. The van der Waals surface area contributed by atoms with Crippen molar-refractivity contribution in [2.75, 3.05) is 19.5 Å². The van der Waals surface area contributed by atoms with Gasteiger partial charge in [0, 0.05) is 11.3 Å². The fourth-order valence-corrected chi connectivity index (χ4v) is 4.54. The molecule has 0 aromatic heterocycles. The van der Waals surface area contributed by atoms with Crippen molar-refractivity contribution in [1.29, 1.82) is 0 Å². The third-order valence-corrected chi connectivity index (χ3v) is 6.74. The van der Waals surface area contributed by atoms with Gasteiger partial charge in [0.05, 0.1) is 14.2 Å². The monoisotopic (exact) mass is 541 g/mol. The molecule has 0 aliphatic carbocycles. The van der Waals surface area contributed by atoms with Crippen LogP contribution in [0, 0.1) is 0 Å². The minimum atomic E-state index is -0.213. The topological polar surface area (TPSA) is 66.0 Å². The fraction of sp³-hybridized carbons (Fsp3) is 0.0571. The van der Waals surface area contributed by atoms with E-state index in [1.807, 2.05) is 97.1 Å². The van der Waals surface area contributed by atoms with E-state index >= 15 is 0 Å². The molecule has 6 aromatic carbocycles. The second-order valence-corrected chi connectivity index (χ2v) is 9.46. The standard InChI is InChI=1S/C35H27NO5/c1-38-31-13-5-26-21-33(15-7-24(26)19-31)40-29-11-3-23(4-12-29)35(37)36-28-9-17-30(18-10-28)41-34-16-8-25-20-32(39-2)14-6-27(25)22-34/h3-22H,1-2H3,(H,36,37). The first-order valence-electron chi connectivity index (χ1n) is 13.1. The molecule has 0 aliphatic heterocycles. The number of hydrogen-bond acceptors (Lipinski definition) is 5. The lowest BCUT2D eigenvalue weighted by Gasteiger charge is -2.10. The maximum absolute atomic E-state index is 12.8. The summed E-state index contributed by atoms with van der Waals surface area (Å²) in [7, 11) is 3.31. The molecular formula is C35H27NO5. The molecule has 0 radical (unpaired) electrons. The van der Waals surface area contributed by atoms with Crippen LogP contribution in [0.2, 0.25) is 0 Å². The van der Waals surface area contributed by atoms with E-state index in [-0.39, 0.29) is 5.91 Å². The van der Waals surface area contributed by atoms with Crippen molar-refractivity contribution in [3.8, 4) is 34.5 Å². The first-order chi connectivity index (χ1) is 20.1. The Morgan fingerprint density at radius 1 is 0.463 bits per heavy atom. The van der Waals surface area contributed by atoms with Gasteiger partial charge in [0.2, 0.25) is 0 Å². The summed E-state index contributed by atoms with van der Waals surface area (Å²) in [4.78, 5) is 12.8. The van der Waals surface area contributed by atoms with Gasteiger partial charge in [-0.3, -0.25) is 4.79 Å². The molecule has 1 N–H and O–H groups in total. The Hall–Kier alpha value is -5.49. The van der Waals surface area contributed by atoms with Crippen LogP contribution in [0.4, 0.5) is 5.69 Å². The van der Waals surface area contributed by atoms with Crippen molar-refractivity contribution in [3.63, 3.8) is 0 Å². The minimum absolute atomic E-state index is 0.213. The lowest BCUT2D eigenvalue weighted by atomic mass is 10.1. The molecule has 0 unspecified atom stereocenters. The first kappa shape index (κ1) is 25.8. The Morgan fingerprint density at radius 3 is 1.27 bits per heavy atom. The van der Waals surface area contributed by atoms with Gasteiger partial charge in [-0.25, -0.2) is 0 Å². The summed E-state index contributed by atoms with van der Waals surface area (Å²) < 4.78 is 22.6. The summed E-state index contributed by atoms with van der Waals surface area (Å²) in [6, 6.07) is 37.9. The third kappa shape index (κ3) is 5.92. The van der Waals surface area contributed by atoms with Gasteiger partial charge in [-0.2, -0.15) is 0 Å². The van der Waals surface area contributed by atoms with Crippen molar-refractivity contribution in [2.24, 2.45) is 0 Å². The third-order valence-electron chi connectivity index (χ3n) is 6.74. The number of carbonyl (C=O) groups excluding carboxylic acids is 1. The van der Waals surface area contributed by atoms with E-state index in [9.17, 15) is 4.79 Å². The number of benzene rings is 6. The fourth-order valence-electron chi connectivity index (χ4n) is 4.54. The van der Waals surface area contributed by atoms with Gasteiger partial charge in [-0.15, -0.1) is 0 Å². The molecule has 0 fully saturated rings. The molecule has 0 heterocycles. The molecule has 0 saturated carbocycles. The maximum Gasteiger partial charge on any atom is 0.255 e. The molecule has 41 heavy (non-hydrogen) atoms. The Morgan fingerprint density at radius 2 is 0.829 bits per heavy atom. The van der Waals surface area contributed by atoms with Gasteiger partial charge >= 0.3 is 0 Å². The quantitative estimate of drug-likeness (QED) is 0.208. The SMILES string of the molecule is COc1ccc2cc(Oc3ccc(NC(=O)c4ccc(Oc5ccc6cc(OC)ccc6c5)cc4)cc3)ccc2c1. The van der Waals surface area contributed by atoms with Gasteiger partial charge in [-0.05, 0) is 119 Å². The maximum atomic E-state index is 12.8. The molecule has 6 heteroatoms. The molecule has 0 spiro atoms. The van der Waals surface area contributed by atoms with Crippen molar-refractivity contribution in [1.82, 2.24) is 0 Å². The van der Waals surface area contributed by atoms with E-state index in [0.717, 1.165) is 38.8 Å². The van der Waals surface area contributed by atoms with E-state index in [0.29, 0.717) is 28.5 Å². The van der Waals surface area contributed by atoms with Crippen LogP contribution >= 0.6 is 0 Å². The smallest absolute Gasteiger partial charge is 0.255 e. The number of methoxy groups -OCH3 is 2. The van der Waals surface area contributed by atoms with Gasteiger partial charge in [-0.1, -0.05) is 24.3 Å². The van der Waals surface area contributed by atoms with Crippen LogP contribution < -0.4 is 24.3 Å². The van der Waals surface area contributed by atoms with E-state index in [4.69, 9.17) is 18.9 Å². The van der Waals surface area contributed by atoms with Crippen LogP contribution in [-0.2, 0) is 0 Å². The highest BCUT2D eigenvalue weighted by Crippen LogP contribution is 2.30. The number of anilines is 1. The van der Waals surface area contributed by atoms with E-state index in [1.165, 1.54) is 0 Å². The molecule has 0 aliphatic rings. The summed E-state index contributed by atoms with van der Waals surface area (Å²) in [6.07, 6.45) is 0. The molecular weight excluding hydrogens is 514 g/mol. The minimum Gasteiger partial charge on any atom is -0.497 e. The second-order valence-electron chi connectivity index (χ2n) is 9.46. The molecule has 6 rings (SSSR count). The molecule has 0 bridgehead atoms. The summed E-state index contributed by atoms with van der Waals surface area (Å²) in [5.74, 6) is 4.17. The number of hydrogen-bond donors (Lipinski definition) is 1. The summed E-state index contributed by atoms with van der Waals surface area (Å²) in [5, 5.41) is 7.17. The summed E-state index contributed by atoms with van der Waals surface area (Å²) >= 11 is 0. The Balaban J connectivity index is 1.07.